The zero-order valence-corrected chi connectivity index (χ0v) is 14.3. The molecule has 4 nitrogen and oxygen atoms in total. The van der Waals surface area contributed by atoms with Crippen LogP contribution in [0.3, 0.4) is 0 Å². The number of hydrogen-bond acceptors (Lipinski definition) is 3. The third-order valence-electron chi connectivity index (χ3n) is 4.31. The molecule has 1 saturated carbocycles. The number of hydrogen-bond donors (Lipinski definition) is 1. The van der Waals surface area contributed by atoms with E-state index in [2.05, 4.69) is 15.2 Å². The van der Waals surface area contributed by atoms with E-state index in [1.54, 1.807) is 12.4 Å². The third kappa shape index (κ3) is 4.32. The van der Waals surface area contributed by atoms with E-state index in [4.69, 9.17) is 16.6 Å². The monoisotopic (exact) mass is 329 g/mol. The van der Waals surface area contributed by atoms with Gasteiger partial charge in [-0.1, -0.05) is 19.3 Å². The van der Waals surface area contributed by atoms with Crippen LogP contribution < -0.4 is 5.32 Å². The molecule has 0 bridgehead atoms. The molecule has 23 heavy (non-hydrogen) atoms. The summed E-state index contributed by atoms with van der Waals surface area (Å²) in [5, 5.41) is 4.07. The van der Waals surface area contributed by atoms with Gasteiger partial charge < -0.3 is 14.6 Å². The summed E-state index contributed by atoms with van der Waals surface area (Å²) in [5.41, 5.74) is 0.925. The Morgan fingerprint density at radius 3 is 2.78 bits per heavy atom. The molecule has 0 aromatic carbocycles. The smallest absolute Gasteiger partial charge is 0.174 e. The first kappa shape index (κ1) is 16.0. The van der Waals surface area contributed by atoms with Crippen molar-refractivity contribution < 1.29 is 4.42 Å². The lowest BCUT2D eigenvalue weighted by atomic mass is 9.94. The fraction of sp³-hybridized carbons (Fsp3) is 0.444. The average molecular weight is 329 g/mol. The molecule has 0 spiro atoms. The summed E-state index contributed by atoms with van der Waals surface area (Å²) in [6, 6.07) is 8.41. The summed E-state index contributed by atoms with van der Waals surface area (Å²) >= 11 is 5.69. The molecule has 1 aliphatic carbocycles. The molecular weight excluding hydrogens is 306 g/mol. The predicted molar refractivity (Wildman–Crippen MR) is 96.3 cm³/mol. The molecule has 0 atom stereocenters. The lowest BCUT2D eigenvalue weighted by molar-refractivity contribution is 0.226. The van der Waals surface area contributed by atoms with Crippen molar-refractivity contribution in [3.05, 3.63) is 48.2 Å². The molecule has 2 heterocycles. The quantitative estimate of drug-likeness (QED) is 0.836. The van der Waals surface area contributed by atoms with Gasteiger partial charge in [0.1, 0.15) is 11.5 Å². The molecule has 0 unspecified atom stereocenters. The van der Waals surface area contributed by atoms with Crippen molar-refractivity contribution in [3.8, 4) is 0 Å². The van der Waals surface area contributed by atoms with Crippen LogP contribution in [0.2, 0.25) is 0 Å². The predicted octanol–water partition coefficient (Wildman–Crippen LogP) is 4.51. The summed E-state index contributed by atoms with van der Waals surface area (Å²) in [5.74, 6) is 1.90. The Morgan fingerprint density at radius 2 is 2.13 bits per heavy atom. The number of anilines is 1. The third-order valence-corrected chi connectivity index (χ3v) is 4.65. The lowest BCUT2D eigenvalue weighted by Gasteiger charge is -2.35. The molecule has 3 rings (SSSR count). The Balaban J connectivity index is 1.74. The number of thiocarbonyl (C=S) groups is 1. The van der Waals surface area contributed by atoms with Gasteiger partial charge in [0.2, 0.25) is 0 Å². The molecule has 1 fully saturated rings. The van der Waals surface area contributed by atoms with Crippen molar-refractivity contribution in [1.29, 1.82) is 0 Å². The van der Waals surface area contributed by atoms with Gasteiger partial charge in [0.15, 0.2) is 5.11 Å². The molecule has 0 saturated heterocycles. The van der Waals surface area contributed by atoms with Crippen LogP contribution >= 0.6 is 12.2 Å². The number of rotatable bonds is 4. The van der Waals surface area contributed by atoms with Crippen LogP contribution in [0.5, 0.6) is 0 Å². The Labute approximate surface area is 142 Å². The van der Waals surface area contributed by atoms with E-state index in [1.807, 2.05) is 31.2 Å². The largest absolute Gasteiger partial charge is 0.464 e. The van der Waals surface area contributed by atoms with Gasteiger partial charge in [-0.2, -0.15) is 0 Å². The summed E-state index contributed by atoms with van der Waals surface area (Å²) in [4.78, 5) is 6.42. The van der Waals surface area contributed by atoms with Crippen molar-refractivity contribution in [2.24, 2.45) is 0 Å². The highest BCUT2D eigenvalue weighted by molar-refractivity contribution is 7.80. The minimum Gasteiger partial charge on any atom is -0.464 e. The Kier molecular flexibility index (Phi) is 5.28. The van der Waals surface area contributed by atoms with Gasteiger partial charge in [0, 0.05) is 12.2 Å². The van der Waals surface area contributed by atoms with Crippen LogP contribution in [-0.4, -0.2) is 21.0 Å². The molecule has 122 valence electrons. The van der Waals surface area contributed by atoms with Crippen molar-refractivity contribution in [3.63, 3.8) is 0 Å². The number of aromatic nitrogens is 1. The number of furan rings is 1. The van der Waals surface area contributed by atoms with E-state index in [0.717, 1.165) is 22.3 Å². The van der Waals surface area contributed by atoms with Crippen LogP contribution in [0, 0.1) is 6.92 Å². The second kappa shape index (κ2) is 7.59. The normalized spacial score (nSPS) is 15.3. The maximum absolute atomic E-state index is 5.76. The Hall–Kier alpha value is -1.88. The van der Waals surface area contributed by atoms with E-state index in [9.17, 15) is 0 Å². The van der Waals surface area contributed by atoms with Gasteiger partial charge in [-0.05, 0) is 56.2 Å². The minimum absolute atomic E-state index is 0.478. The topological polar surface area (TPSA) is 41.3 Å². The molecule has 0 amide bonds. The van der Waals surface area contributed by atoms with E-state index in [1.165, 1.54) is 32.1 Å². The maximum atomic E-state index is 5.76. The van der Waals surface area contributed by atoms with Gasteiger partial charge in [-0.3, -0.25) is 4.98 Å². The van der Waals surface area contributed by atoms with E-state index >= 15 is 0 Å². The second-order valence-electron chi connectivity index (χ2n) is 6.10. The summed E-state index contributed by atoms with van der Waals surface area (Å²) in [6.07, 6.45) is 9.80. The molecule has 1 aliphatic rings. The SMILES string of the molecule is Cc1ccc(CN(C(=S)Nc2cccnc2)C2CCCCC2)o1. The van der Waals surface area contributed by atoms with Crippen molar-refractivity contribution in [2.45, 2.75) is 51.6 Å². The maximum Gasteiger partial charge on any atom is 0.174 e. The second-order valence-corrected chi connectivity index (χ2v) is 6.49. The number of pyridine rings is 1. The summed E-state index contributed by atoms with van der Waals surface area (Å²) in [7, 11) is 0. The van der Waals surface area contributed by atoms with Crippen LogP contribution in [0.15, 0.2) is 41.1 Å². The average Bonchev–Trinajstić information content (AvgIpc) is 2.99. The van der Waals surface area contributed by atoms with Gasteiger partial charge in [-0.25, -0.2) is 0 Å². The molecule has 0 aliphatic heterocycles. The fourth-order valence-electron chi connectivity index (χ4n) is 3.13. The Morgan fingerprint density at radius 1 is 1.30 bits per heavy atom. The van der Waals surface area contributed by atoms with E-state index in [-0.39, 0.29) is 0 Å². The van der Waals surface area contributed by atoms with Crippen molar-refractivity contribution >= 4 is 23.0 Å². The van der Waals surface area contributed by atoms with E-state index in [0.29, 0.717) is 12.6 Å². The first-order chi connectivity index (χ1) is 11.2. The van der Waals surface area contributed by atoms with Crippen LogP contribution in [0.1, 0.15) is 43.6 Å². The number of nitrogens with zero attached hydrogens (tertiary/aromatic N) is 2. The first-order valence-corrected chi connectivity index (χ1v) is 8.66. The first-order valence-electron chi connectivity index (χ1n) is 8.25. The van der Waals surface area contributed by atoms with Gasteiger partial charge >= 0.3 is 0 Å². The van der Waals surface area contributed by atoms with Crippen LogP contribution in [-0.2, 0) is 6.54 Å². The van der Waals surface area contributed by atoms with Gasteiger partial charge in [-0.15, -0.1) is 0 Å². The highest BCUT2D eigenvalue weighted by atomic mass is 32.1. The summed E-state index contributed by atoms with van der Waals surface area (Å²) < 4.78 is 5.76. The minimum atomic E-state index is 0.478. The number of aryl methyl sites for hydroxylation is 1. The summed E-state index contributed by atoms with van der Waals surface area (Å²) in [6.45, 7) is 2.69. The lowest BCUT2D eigenvalue weighted by Crippen LogP contribution is -2.43. The highest BCUT2D eigenvalue weighted by Gasteiger charge is 2.24. The zero-order valence-electron chi connectivity index (χ0n) is 13.5. The van der Waals surface area contributed by atoms with E-state index < -0.39 is 0 Å². The molecule has 1 N–H and O–H groups in total. The zero-order chi connectivity index (χ0) is 16.1. The van der Waals surface area contributed by atoms with Crippen molar-refractivity contribution in [2.75, 3.05) is 5.32 Å². The number of nitrogens with one attached hydrogen (secondary N) is 1. The fourth-order valence-corrected chi connectivity index (χ4v) is 3.46. The Bertz CT molecular complexity index is 635. The van der Waals surface area contributed by atoms with Crippen molar-refractivity contribution in [1.82, 2.24) is 9.88 Å². The molecule has 2 aromatic rings. The molecule has 2 aromatic heterocycles. The molecule has 0 radical (unpaired) electrons. The van der Waals surface area contributed by atoms with Crippen LogP contribution in [0.4, 0.5) is 5.69 Å². The van der Waals surface area contributed by atoms with Crippen LogP contribution in [0.25, 0.3) is 0 Å². The molecule has 5 heteroatoms. The standard InChI is InChI=1S/C18H23N3OS/c1-14-9-10-17(22-14)13-21(16-7-3-2-4-8-16)18(23)20-15-6-5-11-19-12-15/h5-6,9-12,16H,2-4,7-8,13H2,1H3,(H,20,23). The highest BCUT2D eigenvalue weighted by Crippen LogP contribution is 2.25. The van der Waals surface area contributed by atoms with Gasteiger partial charge in [0.25, 0.3) is 0 Å². The molecular formula is C18H23N3OS. The van der Waals surface area contributed by atoms with Gasteiger partial charge in [0.05, 0.1) is 18.4 Å².